The number of hydrogen-bond donors (Lipinski definition) is 3. The molecule has 0 aromatic heterocycles. The van der Waals surface area contributed by atoms with Crippen LogP contribution in [0.15, 0.2) is 30.3 Å². The van der Waals surface area contributed by atoms with Crippen molar-refractivity contribution in [2.24, 2.45) is 5.73 Å². The highest BCUT2D eigenvalue weighted by atomic mass is 16.3. The van der Waals surface area contributed by atoms with E-state index in [4.69, 9.17) is 5.73 Å². The van der Waals surface area contributed by atoms with Crippen molar-refractivity contribution in [3.8, 4) is 0 Å². The number of carbonyl (C=O) groups excluding carboxylic acids is 1. The van der Waals surface area contributed by atoms with Crippen LogP contribution in [0.3, 0.4) is 0 Å². The predicted molar refractivity (Wildman–Crippen MR) is 74.4 cm³/mol. The largest absolute Gasteiger partial charge is 0.378 e. The smallest absolute Gasteiger partial charge is 0.253 e. The van der Waals surface area contributed by atoms with Crippen LogP contribution in [0.1, 0.15) is 43.8 Å². The monoisotopic (exact) mass is 262 g/mol. The van der Waals surface area contributed by atoms with Crippen molar-refractivity contribution >= 4 is 5.91 Å². The van der Waals surface area contributed by atoms with E-state index in [9.17, 15) is 9.90 Å². The normalized spacial score (nSPS) is 19.7. The van der Waals surface area contributed by atoms with Gasteiger partial charge in [0.2, 0.25) is 0 Å². The molecular formula is C15H22N2O2. The molecule has 1 unspecified atom stereocenters. The van der Waals surface area contributed by atoms with Gasteiger partial charge in [0, 0.05) is 12.1 Å². The fourth-order valence-corrected chi connectivity index (χ4v) is 2.58. The first-order valence-electron chi connectivity index (χ1n) is 6.90. The van der Waals surface area contributed by atoms with Gasteiger partial charge in [-0.05, 0) is 18.4 Å². The molecule has 0 saturated heterocycles. The Morgan fingerprint density at radius 3 is 2.53 bits per heavy atom. The Hall–Kier alpha value is -1.39. The summed E-state index contributed by atoms with van der Waals surface area (Å²) >= 11 is 0. The van der Waals surface area contributed by atoms with Gasteiger partial charge in [0.15, 0.2) is 6.10 Å². The summed E-state index contributed by atoms with van der Waals surface area (Å²) in [6.45, 7) is 0.440. The van der Waals surface area contributed by atoms with E-state index in [2.05, 4.69) is 5.32 Å². The molecule has 4 nitrogen and oxygen atoms in total. The van der Waals surface area contributed by atoms with Crippen LogP contribution in [-0.4, -0.2) is 23.1 Å². The van der Waals surface area contributed by atoms with Crippen LogP contribution in [0.2, 0.25) is 0 Å². The van der Waals surface area contributed by atoms with Crippen molar-refractivity contribution in [1.29, 1.82) is 0 Å². The van der Waals surface area contributed by atoms with E-state index in [1.54, 1.807) is 24.3 Å². The Morgan fingerprint density at radius 2 is 1.89 bits per heavy atom. The molecule has 1 atom stereocenters. The zero-order valence-electron chi connectivity index (χ0n) is 11.1. The number of aliphatic hydroxyl groups excluding tert-OH is 1. The molecule has 1 aromatic rings. The van der Waals surface area contributed by atoms with Gasteiger partial charge in [-0.3, -0.25) is 4.79 Å². The molecule has 1 aliphatic rings. The Balaban J connectivity index is 1.87. The second-order valence-electron chi connectivity index (χ2n) is 5.45. The van der Waals surface area contributed by atoms with E-state index >= 15 is 0 Å². The first-order chi connectivity index (χ1) is 9.11. The second-order valence-corrected chi connectivity index (χ2v) is 5.45. The Labute approximate surface area is 114 Å². The molecule has 4 heteroatoms. The zero-order valence-corrected chi connectivity index (χ0v) is 11.1. The van der Waals surface area contributed by atoms with Crippen LogP contribution < -0.4 is 11.1 Å². The summed E-state index contributed by atoms with van der Waals surface area (Å²) < 4.78 is 0. The molecule has 0 heterocycles. The van der Waals surface area contributed by atoms with Crippen molar-refractivity contribution in [2.45, 2.75) is 43.7 Å². The lowest BCUT2D eigenvalue weighted by atomic mass is 9.82. The fourth-order valence-electron chi connectivity index (χ4n) is 2.58. The summed E-state index contributed by atoms with van der Waals surface area (Å²) in [6.07, 6.45) is 4.22. The molecular weight excluding hydrogens is 240 g/mol. The number of hydrogen-bond acceptors (Lipinski definition) is 3. The molecule has 19 heavy (non-hydrogen) atoms. The van der Waals surface area contributed by atoms with E-state index in [1.807, 2.05) is 6.07 Å². The minimum atomic E-state index is -1.12. The molecule has 1 aliphatic carbocycles. The molecule has 0 aliphatic heterocycles. The molecule has 4 N–H and O–H groups in total. The van der Waals surface area contributed by atoms with Crippen molar-refractivity contribution < 1.29 is 9.90 Å². The third kappa shape index (κ3) is 3.78. The van der Waals surface area contributed by atoms with Crippen LogP contribution in [0, 0.1) is 0 Å². The lowest BCUT2D eigenvalue weighted by Gasteiger charge is -2.33. The third-order valence-electron chi connectivity index (χ3n) is 3.83. The van der Waals surface area contributed by atoms with E-state index in [1.165, 1.54) is 6.42 Å². The van der Waals surface area contributed by atoms with Crippen LogP contribution in [0.5, 0.6) is 0 Å². The van der Waals surface area contributed by atoms with Gasteiger partial charge >= 0.3 is 0 Å². The number of aliphatic hydroxyl groups is 1. The number of carbonyl (C=O) groups is 1. The predicted octanol–water partition coefficient (Wildman–Crippen LogP) is 1.50. The highest BCUT2D eigenvalue weighted by Gasteiger charge is 2.28. The molecule has 0 radical (unpaired) electrons. The maximum Gasteiger partial charge on any atom is 0.253 e. The molecule has 1 amide bonds. The minimum Gasteiger partial charge on any atom is -0.378 e. The number of amides is 1. The van der Waals surface area contributed by atoms with Crippen LogP contribution >= 0.6 is 0 Å². The van der Waals surface area contributed by atoms with Crippen LogP contribution in [0.4, 0.5) is 0 Å². The van der Waals surface area contributed by atoms with Gasteiger partial charge in [-0.2, -0.15) is 0 Å². The van der Waals surface area contributed by atoms with E-state index in [0.29, 0.717) is 12.1 Å². The maximum absolute atomic E-state index is 11.9. The lowest BCUT2D eigenvalue weighted by Crippen LogP contribution is -2.51. The topological polar surface area (TPSA) is 75.3 Å². The van der Waals surface area contributed by atoms with E-state index in [0.717, 1.165) is 25.7 Å². The highest BCUT2D eigenvalue weighted by Crippen LogP contribution is 2.25. The Kier molecular flexibility index (Phi) is 4.56. The fraction of sp³-hybridized carbons (Fsp3) is 0.533. The SMILES string of the molecule is NC1(CNC(=O)C(O)c2ccccc2)CCCCC1. The quantitative estimate of drug-likeness (QED) is 0.769. The van der Waals surface area contributed by atoms with Gasteiger partial charge in [0.1, 0.15) is 0 Å². The van der Waals surface area contributed by atoms with Crippen molar-refractivity contribution in [3.05, 3.63) is 35.9 Å². The molecule has 1 saturated carbocycles. The summed E-state index contributed by atoms with van der Waals surface area (Å²) in [5.74, 6) is -0.374. The first-order valence-corrected chi connectivity index (χ1v) is 6.90. The van der Waals surface area contributed by atoms with Gasteiger partial charge in [0.05, 0.1) is 0 Å². The van der Waals surface area contributed by atoms with Crippen LogP contribution in [-0.2, 0) is 4.79 Å². The molecule has 2 rings (SSSR count). The summed E-state index contributed by atoms with van der Waals surface area (Å²) in [5, 5.41) is 12.7. The molecule has 0 bridgehead atoms. The summed E-state index contributed by atoms with van der Waals surface area (Å²) in [6, 6.07) is 8.94. The van der Waals surface area contributed by atoms with E-state index < -0.39 is 6.10 Å². The van der Waals surface area contributed by atoms with Gasteiger partial charge in [-0.1, -0.05) is 49.6 Å². The average molecular weight is 262 g/mol. The number of nitrogens with two attached hydrogens (primary N) is 1. The number of rotatable bonds is 4. The minimum absolute atomic E-state index is 0.301. The molecule has 0 spiro atoms. The zero-order chi connectivity index (χ0) is 13.7. The summed E-state index contributed by atoms with van der Waals surface area (Å²) in [4.78, 5) is 11.9. The molecule has 1 aromatic carbocycles. The maximum atomic E-state index is 11.9. The van der Waals surface area contributed by atoms with Gasteiger partial charge in [0.25, 0.3) is 5.91 Å². The van der Waals surface area contributed by atoms with Gasteiger partial charge < -0.3 is 16.2 Å². The number of nitrogens with one attached hydrogen (secondary N) is 1. The lowest BCUT2D eigenvalue weighted by molar-refractivity contribution is -0.130. The van der Waals surface area contributed by atoms with Crippen molar-refractivity contribution in [3.63, 3.8) is 0 Å². The summed E-state index contributed by atoms with van der Waals surface area (Å²) in [7, 11) is 0. The van der Waals surface area contributed by atoms with E-state index in [-0.39, 0.29) is 11.4 Å². The first kappa shape index (κ1) is 14.0. The highest BCUT2D eigenvalue weighted by molar-refractivity contribution is 5.81. The van der Waals surface area contributed by atoms with Crippen molar-refractivity contribution in [1.82, 2.24) is 5.32 Å². The van der Waals surface area contributed by atoms with Gasteiger partial charge in [-0.25, -0.2) is 0 Å². The van der Waals surface area contributed by atoms with Crippen molar-refractivity contribution in [2.75, 3.05) is 6.54 Å². The van der Waals surface area contributed by atoms with Gasteiger partial charge in [-0.15, -0.1) is 0 Å². The Morgan fingerprint density at radius 1 is 1.26 bits per heavy atom. The standard InChI is InChI=1S/C15H22N2O2/c16-15(9-5-2-6-10-15)11-17-14(19)13(18)12-7-3-1-4-8-12/h1,3-4,7-8,13,18H,2,5-6,9-11,16H2,(H,17,19). The molecule has 104 valence electrons. The Bertz CT molecular complexity index is 413. The average Bonchev–Trinajstić information content (AvgIpc) is 2.46. The third-order valence-corrected chi connectivity index (χ3v) is 3.83. The molecule has 1 fully saturated rings. The van der Waals surface area contributed by atoms with Crippen LogP contribution in [0.25, 0.3) is 0 Å². The second kappa shape index (κ2) is 6.17. The summed E-state index contributed by atoms with van der Waals surface area (Å²) in [5.41, 5.74) is 6.55. The number of benzene rings is 1.